The van der Waals surface area contributed by atoms with E-state index in [0.717, 1.165) is 17.9 Å². The van der Waals surface area contributed by atoms with Crippen LogP contribution in [0, 0.1) is 6.92 Å². The summed E-state index contributed by atoms with van der Waals surface area (Å²) in [6, 6.07) is 8.92. The lowest BCUT2D eigenvalue weighted by Gasteiger charge is -2.24. The van der Waals surface area contributed by atoms with Crippen LogP contribution in [0.3, 0.4) is 0 Å². The van der Waals surface area contributed by atoms with Crippen LogP contribution >= 0.6 is 0 Å². The highest BCUT2D eigenvalue weighted by Crippen LogP contribution is 2.21. The van der Waals surface area contributed by atoms with Gasteiger partial charge in [-0.1, -0.05) is 0 Å². The number of likely N-dealkylation sites (tertiary alicyclic amines) is 1. The monoisotopic (exact) mass is 392 g/mol. The van der Waals surface area contributed by atoms with Crippen LogP contribution in [0.5, 0.6) is 0 Å². The zero-order valence-corrected chi connectivity index (χ0v) is 16.4. The van der Waals surface area contributed by atoms with Crippen LogP contribution in [0.4, 0.5) is 5.69 Å². The zero-order valence-electron chi connectivity index (χ0n) is 16.4. The van der Waals surface area contributed by atoms with Gasteiger partial charge in [-0.15, -0.1) is 0 Å². The molecule has 0 aliphatic carbocycles. The van der Waals surface area contributed by atoms with Gasteiger partial charge in [0.05, 0.1) is 5.69 Å². The number of benzene rings is 1. The second-order valence-electron chi connectivity index (χ2n) is 7.15. The van der Waals surface area contributed by atoms with Crippen molar-refractivity contribution in [3.63, 3.8) is 0 Å². The summed E-state index contributed by atoms with van der Waals surface area (Å²) in [4.78, 5) is 31.4. The van der Waals surface area contributed by atoms with E-state index in [-0.39, 0.29) is 11.8 Å². The molecule has 2 aromatic heterocycles. The molecule has 1 aliphatic heterocycles. The van der Waals surface area contributed by atoms with Crippen molar-refractivity contribution in [2.75, 3.05) is 11.9 Å². The van der Waals surface area contributed by atoms with E-state index < -0.39 is 6.04 Å². The van der Waals surface area contributed by atoms with Crippen LogP contribution in [-0.4, -0.2) is 48.6 Å². The Bertz CT molecular complexity index is 977. The van der Waals surface area contributed by atoms with Gasteiger partial charge in [-0.2, -0.15) is 5.10 Å². The van der Waals surface area contributed by atoms with Crippen molar-refractivity contribution in [2.24, 2.45) is 0 Å². The van der Waals surface area contributed by atoms with Crippen molar-refractivity contribution in [1.29, 1.82) is 0 Å². The third-order valence-electron chi connectivity index (χ3n) is 5.27. The highest BCUT2D eigenvalue weighted by molar-refractivity contribution is 5.97. The molecule has 150 valence electrons. The highest BCUT2D eigenvalue weighted by Gasteiger charge is 2.33. The van der Waals surface area contributed by atoms with Gasteiger partial charge >= 0.3 is 0 Å². The van der Waals surface area contributed by atoms with Gasteiger partial charge in [0, 0.05) is 50.0 Å². The highest BCUT2D eigenvalue weighted by atomic mass is 16.2. The molecular formula is C21H24N6O2. The van der Waals surface area contributed by atoms with Crippen molar-refractivity contribution < 1.29 is 9.59 Å². The van der Waals surface area contributed by atoms with Crippen LogP contribution in [0.25, 0.3) is 5.69 Å². The number of aryl methyl sites for hydroxylation is 2. The molecule has 29 heavy (non-hydrogen) atoms. The van der Waals surface area contributed by atoms with Crippen molar-refractivity contribution in [3.8, 4) is 5.69 Å². The molecule has 8 heteroatoms. The standard InChI is InChI=1S/C21H24N6O2/c1-16-22-11-15-25(16)14-9-20(28)26-12-2-4-19(26)21(29)24-17-5-7-18(8-6-17)27-13-3-10-23-27/h3,5-8,10-11,13,15,19H,2,4,9,12,14H2,1H3,(H,24,29)/t19-/m0/s1. The molecule has 3 aromatic rings. The van der Waals surface area contributed by atoms with Gasteiger partial charge in [-0.05, 0) is 50.1 Å². The summed E-state index contributed by atoms with van der Waals surface area (Å²) < 4.78 is 3.70. The minimum Gasteiger partial charge on any atom is -0.335 e. The number of carbonyl (C=O) groups excluding carboxylic acids is 2. The fourth-order valence-electron chi connectivity index (χ4n) is 3.68. The molecule has 1 saturated heterocycles. The van der Waals surface area contributed by atoms with Crippen LogP contribution in [0.2, 0.25) is 0 Å². The molecule has 4 rings (SSSR count). The molecule has 0 bridgehead atoms. The maximum Gasteiger partial charge on any atom is 0.247 e. The Hall–Kier alpha value is -3.42. The molecule has 1 aliphatic rings. The molecule has 0 saturated carbocycles. The molecule has 1 N–H and O–H groups in total. The average Bonchev–Trinajstić information content (AvgIpc) is 3.48. The third kappa shape index (κ3) is 4.21. The number of carbonyl (C=O) groups is 2. The lowest BCUT2D eigenvalue weighted by molar-refractivity contribution is -0.136. The molecule has 2 amide bonds. The largest absolute Gasteiger partial charge is 0.335 e. The first-order valence-corrected chi connectivity index (χ1v) is 9.80. The van der Waals surface area contributed by atoms with E-state index in [1.165, 1.54) is 0 Å². The van der Waals surface area contributed by atoms with E-state index in [9.17, 15) is 9.59 Å². The minimum absolute atomic E-state index is 0.00443. The Morgan fingerprint density at radius 1 is 1.17 bits per heavy atom. The smallest absolute Gasteiger partial charge is 0.247 e. The summed E-state index contributed by atoms with van der Waals surface area (Å²) in [5, 5.41) is 7.13. The summed E-state index contributed by atoms with van der Waals surface area (Å²) >= 11 is 0. The Kier molecular flexibility index (Phi) is 5.41. The van der Waals surface area contributed by atoms with Gasteiger partial charge in [0.25, 0.3) is 0 Å². The van der Waals surface area contributed by atoms with Gasteiger partial charge in [0.1, 0.15) is 11.9 Å². The summed E-state index contributed by atoms with van der Waals surface area (Å²) in [6.45, 7) is 3.11. The maximum absolute atomic E-state index is 12.8. The van der Waals surface area contributed by atoms with Gasteiger partial charge < -0.3 is 14.8 Å². The van der Waals surface area contributed by atoms with Crippen molar-refractivity contribution in [1.82, 2.24) is 24.2 Å². The molecule has 0 unspecified atom stereocenters. The predicted molar refractivity (Wildman–Crippen MR) is 109 cm³/mol. The molecule has 0 radical (unpaired) electrons. The minimum atomic E-state index is -0.419. The first kappa shape index (κ1) is 18.9. The van der Waals surface area contributed by atoms with Gasteiger partial charge in [0.15, 0.2) is 0 Å². The second kappa shape index (κ2) is 8.30. The fraction of sp³-hybridized carbons (Fsp3) is 0.333. The Morgan fingerprint density at radius 2 is 2.00 bits per heavy atom. The van der Waals surface area contributed by atoms with Crippen LogP contribution < -0.4 is 5.32 Å². The number of rotatable bonds is 6. The summed E-state index contributed by atoms with van der Waals surface area (Å²) in [5.41, 5.74) is 1.62. The Balaban J connectivity index is 1.36. The molecule has 1 aromatic carbocycles. The fourth-order valence-corrected chi connectivity index (χ4v) is 3.68. The maximum atomic E-state index is 12.8. The van der Waals surface area contributed by atoms with Crippen LogP contribution in [-0.2, 0) is 16.1 Å². The summed E-state index contributed by atoms with van der Waals surface area (Å²) in [5.74, 6) is 0.748. The molecule has 1 fully saturated rings. The topological polar surface area (TPSA) is 85.0 Å². The Morgan fingerprint density at radius 3 is 2.69 bits per heavy atom. The number of nitrogens with zero attached hydrogens (tertiary/aromatic N) is 5. The first-order chi connectivity index (χ1) is 14.1. The summed E-state index contributed by atoms with van der Waals surface area (Å²) in [6.07, 6.45) is 9.06. The average molecular weight is 392 g/mol. The van der Waals surface area contributed by atoms with E-state index in [2.05, 4.69) is 15.4 Å². The molecule has 8 nitrogen and oxygen atoms in total. The van der Waals surface area contributed by atoms with Crippen LogP contribution in [0.15, 0.2) is 55.1 Å². The molecule has 0 spiro atoms. The van der Waals surface area contributed by atoms with E-state index in [0.29, 0.717) is 31.6 Å². The SMILES string of the molecule is Cc1nccn1CCC(=O)N1CCC[C@H]1C(=O)Nc1ccc(-n2cccn2)cc1. The number of imidazole rings is 1. The van der Waals surface area contributed by atoms with Crippen molar-refractivity contribution in [2.45, 2.75) is 38.8 Å². The van der Waals surface area contributed by atoms with Crippen molar-refractivity contribution in [3.05, 3.63) is 60.9 Å². The van der Waals surface area contributed by atoms with Gasteiger partial charge in [0.2, 0.25) is 11.8 Å². The van der Waals surface area contributed by atoms with Crippen molar-refractivity contribution >= 4 is 17.5 Å². The third-order valence-corrected chi connectivity index (χ3v) is 5.27. The zero-order chi connectivity index (χ0) is 20.2. The van der Waals surface area contributed by atoms with E-state index >= 15 is 0 Å². The lowest BCUT2D eigenvalue weighted by atomic mass is 10.2. The molecular weight excluding hydrogens is 368 g/mol. The lowest BCUT2D eigenvalue weighted by Crippen LogP contribution is -2.43. The Labute approximate surface area is 169 Å². The summed E-state index contributed by atoms with van der Waals surface area (Å²) in [7, 11) is 0. The second-order valence-corrected chi connectivity index (χ2v) is 7.15. The number of hydrogen-bond donors (Lipinski definition) is 1. The predicted octanol–water partition coefficient (Wildman–Crippen LogP) is 2.40. The number of aromatic nitrogens is 4. The number of nitrogens with one attached hydrogen (secondary N) is 1. The quantitative estimate of drug-likeness (QED) is 0.698. The van der Waals surface area contributed by atoms with E-state index in [4.69, 9.17) is 0 Å². The van der Waals surface area contributed by atoms with E-state index in [1.54, 1.807) is 22.0 Å². The van der Waals surface area contributed by atoms with Crippen LogP contribution in [0.1, 0.15) is 25.1 Å². The molecule has 3 heterocycles. The van der Waals surface area contributed by atoms with Gasteiger partial charge in [-0.3, -0.25) is 9.59 Å². The number of hydrogen-bond acceptors (Lipinski definition) is 4. The first-order valence-electron chi connectivity index (χ1n) is 9.80. The normalized spacial score (nSPS) is 16.2. The van der Waals surface area contributed by atoms with Gasteiger partial charge in [-0.25, -0.2) is 9.67 Å². The number of anilines is 1. The van der Waals surface area contributed by atoms with E-state index in [1.807, 2.05) is 54.2 Å². The number of amides is 2. The molecule has 1 atom stereocenters.